The Labute approximate surface area is 188 Å². The Balaban J connectivity index is 1.41. The van der Waals surface area contributed by atoms with Crippen LogP contribution in [-0.2, 0) is 19.5 Å². The van der Waals surface area contributed by atoms with Crippen LogP contribution in [0.5, 0.6) is 0 Å². The quantitative estimate of drug-likeness (QED) is 0.438. The standard InChI is InChI=1S/C26H26N6/c27-14-18-4-3-7-21(12-18)24-17-31-26(32-25(24)19-8-10-28-11-9-19)30-16-23-13-20-5-1-2-6-22(20)15-29-23/h1-12,17,23,29H,13-16,27H2,(H,30,31,32)/t23-/m0/s1. The highest BCUT2D eigenvalue weighted by atomic mass is 15.1. The van der Waals surface area contributed by atoms with Gasteiger partial charge in [0.15, 0.2) is 0 Å². The van der Waals surface area contributed by atoms with Crippen LogP contribution in [-0.4, -0.2) is 27.5 Å². The molecule has 2 aromatic heterocycles. The molecule has 5 rings (SSSR count). The fourth-order valence-corrected chi connectivity index (χ4v) is 4.15. The molecular formula is C26H26N6. The van der Waals surface area contributed by atoms with Crippen molar-refractivity contribution in [1.82, 2.24) is 20.3 Å². The van der Waals surface area contributed by atoms with Crippen molar-refractivity contribution in [3.05, 3.63) is 95.9 Å². The molecule has 0 radical (unpaired) electrons. The van der Waals surface area contributed by atoms with E-state index in [4.69, 9.17) is 10.7 Å². The van der Waals surface area contributed by atoms with Crippen molar-refractivity contribution in [1.29, 1.82) is 0 Å². The van der Waals surface area contributed by atoms with E-state index in [9.17, 15) is 0 Å². The third-order valence-electron chi connectivity index (χ3n) is 5.89. The van der Waals surface area contributed by atoms with Gasteiger partial charge in [0.2, 0.25) is 5.95 Å². The second-order valence-corrected chi connectivity index (χ2v) is 8.03. The molecule has 2 aromatic carbocycles. The minimum Gasteiger partial charge on any atom is -0.353 e. The molecule has 6 heteroatoms. The van der Waals surface area contributed by atoms with Crippen molar-refractivity contribution < 1.29 is 0 Å². The third kappa shape index (κ3) is 4.37. The summed E-state index contributed by atoms with van der Waals surface area (Å²) in [5, 5.41) is 7.04. The normalized spacial score (nSPS) is 15.2. The molecule has 0 saturated carbocycles. The van der Waals surface area contributed by atoms with E-state index < -0.39 is 0 Å². The molecule has 0 bridgehead atoms. The van der Waals surface area contributed by atoms with Gasteiger partial charge in [-0.15, -0.1) is 0 Å². The highest BCUT2D eigenvalue weighted by Crippen LogP contribution is 2.31. The first-order valence-electron chi connectivity index (χ1n) is 10.9. The number of anilines is 1. The molecule has 160 valence electrons. The number of nitrogens with zero attached hydrogens (tertiary/aromatic N) is 3. The van der Waals surface area contributed by atoms with Crippen LogP contribution < -0.4 is 16.4 Å². The van der Waals surface area contributed by atoms with Gasteiger partial charge >= 0.3 is 0 Å². The minimum atomic E-state index is 0.332. The number of rotatable bonds is 6. The number of fused-ring (bicyclic) bond motifs is 1. The van der Waals surface area contributed by atoms with Gasteiger partial charge in [0.05, 0.1) is 5.69 Å². The van der Waals surface area contributed by atoms with Gasteiger partial charge in [0.25, 0.3) is 0 Å². The van der Waals surface area contributed by atoms with Crippen molar-refractivity contribution in [2.24, 2.45) is 5.73 Å². The molecule has 0 fully saturated rings. The van der Waals surface area contributed by atoms with Gasteiger partial charge in [-0.2, -0.15) is 0 Å². The summed E-state index contributed by atoms with van der Waals surface area (Å²) in [4.78, 5) is 13.7. The lowest BCUT2D eigenvalue weighted by molar-refractivity contribution is 0.496. The van der Waals surface area contributed by atoms with Crippen LogP contribution in [0.4, 0.5) is 5.95 Å². The van der Waals surface area contributed by atoms with Gasteiger partial charge in [-0.3, -0.25) is 4.98 Å². The van der Waals surface area contributed by atoms with Gasteiger partial charge in [-0.05, 0) is 46.9 Å². The van der Waals surface area contributed by atoms with Crippen LogP contribution in [0.2, 0.25) is 0 Å². The zero-order chi connectivity index (χ0) is 21.8. The summed E-state index contributed by atoms with van der Waals surface area (Å²) in [6, 6.07) is 21.1. The molecule has 0 unspecified atom stereocenters. The lowest BCUT2D eigenvalue weighted by Crippen LogP contribution is -2.40. The highest BCUT2D eigenvalue weighted by Gasteiger charge is 2.18. The molecule has 4 N–H and O–H groups in total. The van der Waals surface area contributed by atoms with Crippen LogP contribution in [0.3, 0.4) is 0 Å². The Morgan fingerprint density at radius 3 is 2.66 bits per heavy atom. The van der Waals surface area contributed by atoms with Crippen molar-refractivity contribution in [3.8, 4) is 22.4 Å². The van der Waals surface area contributed by atoms with E-state index in [0.29, 0.717) is 18.5 Å². The van der Waals surface area contributed by atoms with Crippen LogP contribution in [0, 0.1) is 0 Å². The molecule has 4 aromatic rings. The number of pyridine rings is 1. The van der Waals surface area contributed by atoms with Gasteiger partial charge in [-0.25, -0.2) is 9.97 Å². The molecule has 0 spiro atoms. The summed E-state index contributed by atoms with van der Waals surface area (Å²) in [6.45, 7) is 2.14. The first kappa shape index (κ1) is 20.3. The molecule has 0 amide bonds. The van der Waals surface area contributed by atoms with Gasteiger partial charge in [0.1, 0.15) is 0 Å². The molecule has 0 aliphatic carbocycles. The van der Waals surface area contributed by atoms with Gasteiger partial charge in [0, 0.05) is 55.4 Å². The van der Waals surface area contributed by atoms with Crippen molar-refractivity contribution >= 4 is 5.95 Å². The van der Waals surface area contributed by atoms with E-state index in [0.717, 1.165) is 47.5 Å². The second kappa shape index (κ2) is 9.26. The molecule has 1 aliphatic rings. The Bertz CT molecular complexity index is 1210. The average Bonchev–Trinajstić information content (AvgIpc) is 2.87. The highest BCUT2D eigenvalue weighted by molar-refractivity contribution is 5.80. The fourth-order valence-electron chi connectivity index (χ4n) is 4.15. The summed E-state index contributed by atoms with van der Waals surface area (Å²) < 4.78 is 0. The third-order valence-corrected chi connectivity index (χ3v) is 5.89. The average molecular weight is 423 g/mol. The van der Waals surface area contributed by atoms with E-state index in [1.165, 1.54) is 11.1 Å². The maximum absolute atomic E-state index is 5.85. The Hall–Kier alpha value is -3.61. The molecule has 32 heavy (non-hydrogen) atoms. The van der Waals surface area contributed by atoms with Crippen molar-refractivity contribution in [3.63, 3.8) is 0 Å². The van der Waals surface area contributed by atoms with Crippen LogP contribution in [0.1, 0.15) is 16.7 Å². The predicted molar refractivity (Wildman–Crippen MR) is 128 cm³/mol. The monoisotopic (exact) mass is 422 g/mol. The minimum absolute atomic E-state index is 0.332. The Kier molecular flexibility index (Phi) is 5.87. The smallest absolute Gasteiger partial charge is 0.223 e. The fraction of sp³-hybridized carbons (Fsp3) is 0.192. The van der Waals surface area contributed by atoms with E-state index >= 15 is 0 Å². The summed E-state index contributed by atoms with van der Waals surface area (Å²) in [5.74, 6) is 0.621. The van der Waals surface area contributed by atoms with E-state index in [1.54, 1.807) is 12.4 Å². The van der Waals surface area contributed by atoms with Crippen molar-refractivity contribution in [2.75, 3.05) is 11.9 Å². The Morgan fingerprint density at radius 2 is 1.81 bits per heavy atom. The number of hydrogen-bond acceptors (Lipinski definition) is 6. The lowest BCUT2D eigenvalue weighted by atomic mass is 9.96. The van der Waals surface area contributed by atoms with Crippen LogP contribution >= 0.6 is 0 Å². The topological polar surface area (TPSA) is 88.8 Å². The first-order chi connectivity index (χ1) is 15.8. The molecule has 1 atom stereocenters. The van der Waals surface area contributed by atoms with Gasteiger partial charge < -0.3 is 16.4 Å². The maximum atomic E-state index is 5.85. The second-order valence-electron chi connectivity index (χ2n) is 8.03. The van der Waals surface area contributed by atoms with Crippen LogP contribution in [0.15, 0.2) is 79.3 Å². The summed E-state index contributed by atoms with van der Waals surface area (Å²) in [5.41, 5.74) is 13.6. The number of aromatic nitrogens is 3. The van der Waals surface area contributed by atoms with Crippen LogP contribution in [0.25, 0.3) is 22.4 Å². The predicted octanol–water partition coefficient (Wildman–Crippen LogP) is 3.79. The molecular weight excluding hydrogens is 396 g/mol. The summed E-state index contributed by atoms with van der Waals surface area (Å²) in [6.07, 6.45) is 6.46. The number of benzene rings is 2. The molecule has 1 aliphatic heterocycles. The number of nitrogens with one attached hydrogen (secondary N) is 2. The Morgan fingerprint density at radius 1 is 0.969 bits per heavy atom. The number of hydrogen-bond donors (Lipinski definition) is 3. The molecule has 0 saturated heterocycles. The first-order valence-corrected chi connectivity index (χ1v) is 10.9. The molecule has 6 nitrogen and oxygen atoms in total. The summed E-state index contributed by atoms with van der Waals surface area (Å²) >= 11 is 0. The zero-order valence-corrected chi connectivity index (χ0v) is 17.8. The lowest BCUT2D eigenvalue weighted by Gasteiger charge is -2.26. The largest absolute Gasteiger partial charge is 0.353 e. The maximum Gasteiger partial charge on any atom is 0.223 e. The zero-order valence-electron chi connectivity index (χ0n) is 17.8. The van der Waals surface area contributed by atoms with Crippen molar-refractivity contribution in [2.45, 2.75) is 25.6 Å². The SMILES string of the molecule is NCc1cccc(-c2cnc(NC[C@@H]3Cc4ccccc4CN3)nc2-c2ccncc2)c1. The summed E-state index contributed by atoms with van der Waals surface area (Å²) in [7, 11) is 0. The van der Waals surface area contributed by atoms with E-state index in [-0.39, 0.29) is 0 Å². The van der Waals surface area contributed by atoms with E-state index in [2.05, 4.69) is 57.0 Å². The number of nitrogens with two attached hydrogens (primary N) is 1. The van der Waals surface area contributed by atoms with E-state index in [1.807, 2.05) is 30.5 Å². The van der Waals surface area contributed by atoms with Gasteiger partial charge in [-0.1, -0.05) is 42.5 Å². The molecule has 3 heterocycles.